The number of nitrogens with zero attached hydrogens (tertiary/aromatic N) is 5. The molecule has 0 aliphatic heterocycles. The molecule has 8 heteroatoms. The summed E-state index contributed by atoms with van der Waals surface area (Å²) < 4.78 is 1.54. The second-order valence-electron chi connectivity index (χ2n) is 7.02. The lowest BCUT2D eigenvalue weighted by atomic mass is 10.0. The van der Waals surface area contributed by atoms with Gasteiger partial charge in [0.05, 0.1) is 5.69 Å². The van der Waals surface area contributed by atoms with Crippen molar-refractivity contribution in [2.24, 2.45) is 0 Å². The third kappa shape index (κ3) is 4.07. The van der Waals surface area contributed by atoms with Gasteiger partial charge in [-0.3, -0.25) is 4.79 Å². The number of carbonyl (C=O) groups is 1. The summed E-state index contributed by atoms with van der Waals surface area (Å²) in [6, 6.07) is 14.0. The highest BCUT2D eigenvalue weighted by molar-refractivity contribution is 7.13. The molecule has 0 spiro atoms. The van der Waals surface area contributed by atoms with Gasteiger partial charge in [-0.05, 0) is 46.5 Å². The molecule has 0 fully saturated rings. The average Bonchev–Trinajstić information content (AvgIpc) is 3.42. The minimum absolute atomic E-state index is 0.247. The molecule has 7 nitrogen and oxygen atoms in total. The van der Waals surface area contributed by atoms with Crippen LogP contribution >= 0.6 is 11.3 Å². The summed E-state index contributed by atoms with van der Waals surface area (Å²) in [6.45, 7) is 6.26. The van der Waals surface area contributed by atoms with Crippen LogP contribution in [-0.2, 0) is 0 Å². The highest BCUT2D eigenvalue weighted by Crippen LogP contribution is 2.26. The molecule has 4 rings (SSSR count). The fourth-order valence-corrected chi connectivity index (χ4v) is 3.68. The summed E-state index contributed by atoms with van der Waals surface area (Å²) >= 11 is 1.46. The quantitative estimate of drug-likeness (QED) is 0.530. The number of nitrogens with one attached hydrogen (secondary N) is 1. The molecular formula is C21H20N6OS. The maximum Gasteiger partial charge on any atom is 0.275 e. The third-order valence-electron chi connectivity index (χ3n) is 4.64. The predicted molar refractivity (Wildman–Crippen MR) is 113 cm³/mol. The van der Waals surface area contributed by atoms with Gasteiger partial charge in [0.2, 0.25) is 0 Å². The number of carbonyl (C=O) groups excluding carboxylic acids is 1. The number of amides is 1. The minimum atomic E-state index is -0.247. The molecule has 1 amide bonds. The van der Waals surface area contributed by atoms with Crippen molar-refractivity contribution in [2.45, 2.75) is 26.7 Å². The van der Waals surface area contributed by atoms with Crippen LogP contribution in [-0.4, -0.2) is 31.1 Å². The molecule has 2 aromatic carbocycles. The molecule has 146 valence electrons. The second-order valence-corrected chi connectivity index (χ2v) is 7.88. The molecule has 0 unspecified atom stereocenters. The van der Waals surface area contributed by atoms with E-state index in [0.717, 1.165) is 21.8 Å². The van der Waals surface area contributed by atoms with Crippen LogP contribution in [0.4, 0.5) is 5.69 Å². The molecule has 0 atom stereocenters. The van der Waals surface area contributed by atoms with Crippen molar-refractivity contribution in [3.63, 3.8) is 0 Å². The number of hydrogen-bond acceptors (Lipinski definition) is 6. The molecule has 0 radical (unpaired) electrons. The lowest BCUT2D eigenvalue weighted by molar-refractivity contribution is 0.102. The van der Waals surface area contributed by atoms with E-state index in [1.54, 1.807) is 5.38 Å². The summed E-state index contributed by atoms with van der Waals surface area (Å²) in [4.78, 5) is 17.3. The lowest BCUT2D eigenvalue weighted by Crippen LogP contribution is -2.13. The number of thiazole rings is 1. The maximum absolute atomic E-state index is 12.7. The summed E-state index contributed by atoms with van der Waals surface area (Å²) in [5.74, 6) is 0.234. The molecular weight excluding hydrogens is 384 g/mol. The van der Waals surface area contributed by atoms with Crippen LogP contribution in [0.2, 0.25) is 0 Å². The molecule has 0 saturated heterocycles. The van der Waals surface area contributed by atoms with Crippen LogP contribution in [0.1, 0.15) is 41.4 Å². The fourth-order valence-electron chi connectivity index (χ4n) is 2.87. The van der Waals surface area contributed by atoms with Gasteiger partial charge in [-0.1, -0.05) is 44.2 Å². The first-order chi connectivity index (χ1) is 14.0. The first kappa shape index (κ1) is 18.9. The highest BCUT2D eigenvalue weighted by atomic mass is 32.1. The van der Waals surface area contributed by atoms with Crippen LogP contribution in [0.3, 0.4) is 0 Å². The number of rotatable bonds is 5. The Balaban J connectivity index is 1.53. The number of anilines is 1. The number of tetrazole rings is 1. The number of hydrogen-bond donors (Lipinski definition) is 1. The van der Waals surface area contributed by atoms with Gasteiger partial charge >= 0.3 is 0 Å². The fraction of sp³-hybridized carbons (Fsp3) is 0.190. The van der Waals surface area contributed by atoms with Crippen LogP contribution in [0, 0.1) is 6.92 Å². The largest absolute Gasteiger partial charge is 0.320 e. The van der Waals surface area contributed by atoms with E-state index >= 15 is 0 Å². The van der Waals surface area contributed by atoms with Crippen molar-refractivity contribution in [1.82, 2.24) is 25.2 Å². The van der Waals surface area contributed by atoms with Gasteiger partial charge in [-0.15, -0.1) is 16.4 Å². The molecule has 2 heterocycles. The zero-order chi connectivity index (χ0) is 20.4. The van der Waals surface area contributed by atoms with Gasteiger partial charge in [0.25, 0.3) is 5.91 Å². The van der Waals surface area contributed by atoms with Crippen molar-refractivity contribution in [3.05, 3.63) is 71.0 Å². The summed E-state index contributed by atoms with van der Waals surface area (Å²) in [7, 11) is 0. The van der Waals surface area contributed by atoms with E-state index in [0.29, 0.717) is 17.3 Å². The highest BCUT2D eigenvalue weighted by Gasteiger charge is 2.14. The third-order valence-corrected chi connectivity index (χ3v) is 5.54. The van der Waals surface area contributed by atoms with Gasteiger partial charge in [-0.2, -0.15) is 0 Å². The normalized spacial score (nSPS) is 11.0. The zero-order valence-corrected chi connectivity index (χ0v) is 17.1. The molecule has 4 aromatic rings. The average molecular weight is 404 g/mol. The predicted octanol–water partition coefficient (Wildman–Crippen LogP) is 4.47. The van der Waals surface area contributed by atoms with E-state index in [1.165, 1.54) is 27.9 Å². The molecule has 0 bridgehead atoms. The maximum atomic E-state index is 12.7. The van der Waals surface area contributed by atoms with Crippen molar-refractivity contribution in [2.75, 3.05) is 5.32 Å². The summed E-state index contributed by atoms with van der Waals surface area (Å²) in [5.41, 5.74) is 5.08. The second kappa shape index (κ2) is 7.92. The van der Waals surface area contributed by atoms with Crippen molar-refractivity contribution in [1.29, 1.82) is 0 Å². The van der Waals surface area contributed by atoms with Crippen molar-refractivity contribution < 1.29 is 4.79 Å². The number of benzene rings is 2. The van der Waals surface area contributed by atoms with Gasteiger partial charge < -0.3 is 5.32 Å². The Morgan fingerprint density at radius 3 is 2.62 bits per heavy atom. The van der Waals surface area contributed by atoms with E-state index in [4.69, 9.17) is 0 Å². The molecule has 0 aliphatic carbocycles. The van der Waals surface area contributed by atoms with Gasteiger partial charge in [-0.25, -0.2) is 9.67 Å². The van der Waals surface area contributed by atoms with Crippen LogP contribution in [0.5, 0.6) is 0 Å². The first-order valence-electron chi connectivity index (χ1n) is 9.22. The lowest BCUT2D eigenvalue weighted by Gasteiger charge is -2.09. The molecule has 2 aromatic heterocycles. The van der Waals surface area contributed by atoms with Crippen molar-refractivity contribution in [3.8, 4) is 16.3 Å². The van der Waals surface area contributed by atoms with Crippen molar-refractivity contribution >= 4 is 22.9 Å². The summed E-state index contributed by atoms with van der Waals surface area (Å²) in [5, 5.41) is 16.7. The van der Waals surface area contributed by atoms with Gasteiger partial charge in [0, 0.05) is 16.6 Å². The van der Waals surface area contributed by atoms with Crippen LogP contribution in [0.15, 0.2) is 54.2 Å². The Hall–Kier alpha value is -3.39. The van der Waals surface area contributed by atoms with Crippen LogP contribution in [0.25, 0.3) is 16.3 Å². The Kier molecular flexibility index (Phi) is 5.18. The standard InChI is InChI=1S/C21H20N6OS/c1-13(2)15-5-7-16(8-6-15)21-24-19(11-29-21)20(28)23-18-10-17(9-4-14(18)3)27-12-22-25-26-27/h4-13H,1-3H3,(H,23,28). The summed E-state index contributed by atoms with van der Waals surface area (Å²) in [6.07, 6.45) is 1.51. The minimum Gasteiger partial charge on any atom is -0.320 e. The van der Waals surface area contributed by atoms with E-state index in [-0.39, 0.29) is 5.91 Å². The SMILES string of the molecule is Cc1ccc(-n2cnnn2)cc1NC(=O)c1csc(-c2ccc(C(C)C)cc2)n1. The van der Waals surface area contributed by atoms with E-state index in [1.807, 2.05) is 25.1 Å². The molecule has 1 N–H and O–H groups in total. The van der Waals surface area contributed by atoms with E-state index in [2.05, 4.69) is 63.9 Å². The first-order valence-corrected chi connectivity index (χ1v) is 10.1. The molecule has 29 heavy (non-hydrogen) atoms. The Labute approximate surface area is 172 Å². The van der Waals surface area contributed by atoms with E-state index < -0.39 is 0 Å². The molecule has 0 aliphatic rings. The van der Waals surface area contributed by atoms with E-state index in [9.17, 15) is 4.79 Å². The monoisotopic (exact) mass is 404 g/mol. The van der Waals surface area contributed by atoms with Crippen LogP contribution < -0.4 is 5.32 Å². The topological polar surface area (TPSA) is 85.6 Å². The van der Waals surface area contributed by atoms with Gasteiger partial charge in [0.1, 0.15) is 17.0 Å². The Morgan fingerprint density at radius 2 is 1.93 bits per heavy atom. The number of aryl methyl sites for hydroxylation is 1. The smallest absolute Gasteiger partial charge is 0.275 e. The molecule has 0 saturated carbocycles. The van der Waals surface area contributed by atoms with Gasteiger partial charge in [0.15, 0.2) is 0 Å². The Morgan fingerprint density at radius 1 is 1.14 bits per heavy atom. The zero-order valence-electron chi connectivity index (χ0n) is 16.3. The number of aromatic nitrogens is 5. The Bertz CT molecular complexity index is 1130.